The molecule has 19 heavy (non-hydrogen) atoms. The summed E-state index contributed by atoms with van der Waals surface area (Å²) in [5.41, 5.74) is 0. The molecule has 0 saturated carbocycles. The second-order valence-electron chi connectivity index (χ2n) is 5.96. The third kappa shape index (κ3) is 5.37. The lowest BCUT2D eigenvalue weighted by atomic mass is 10.2. The number of rotatable bonds is 6. The van der Waals surface area contributed by atoms with E-state index in [4.69, 9.17) is 9.47 Å². The van der Waals surface area contributed by atoms with Gasteiger partial charge in [-0.1, -0.05) is 56.4 Å². The van der Waals surface area contributed by atoms with Gasteiger partial charge in [-0.15, -0.1) is 0 Å². The van der Waals surface area contributed by atoms with Gasteiger partial charge in [0.2, 0.25) is 0 Å². The Balaban J connectivity index is 2.97. The molecule has 0 spiro atoms. The molecule has 1 heterocycles. The van der Waals surface area contributed by atoms with Gasteiger partial charge in [0.05, 0.1) is 21.8 Å². The molecule has 1 aliphatic rings. The highest BCUT2D eigenvalue weighted by Crippen LogP contribution is 2.22. The molecule has 0 aromatic heterocycles. The van der Waals surface area contributed by atoms with Crippen LogP contribution in [0.5, 0.6) is 0 Å². The van der Waals surface area contributed by atoms with Crippen molar-refractivity contribution >= 4 is 8.07 Å². The molecule has 0 aromatic rings. The normalized spacial score (nSPS) is 21.6. The maximum Gasteiger partial charge on any atom is 0.133 e. The van der Waals surface area contributed by atoms with Crippen LogP contribution in [0.1, 0.15) is 26.2 Å². The van der Waals surface area contributed by atoms with Crippen LogP contribution in [0.25, 0.3) is 0 Å². The fraction of sp³-hybridized carbons (Fsp3) is 0.625. The van der Waals surface area contributed by atoms with Crippen LogP contribution in [0.15, 0.2) is 35.3 Å². The summed E-state index contributed by atoms with van der Waals surface area (Å²) in [4.78, 5) is 0. The monoisotopic (exact) mass is 280 g/mol. The molecular weight excluding hydrogens is 252 g/mol. The van der Waals surface area contributed by atoms with E-state index >= 15 is 0 Å². The summed E-state index contributed by atoms with van der Waals surface area (Å²) < 4.78 is 11.3. The van der Waals surface area contributed by atoms with Gasteiger partial charge in [0.25, 0.3) is 0 Å². The molecule has 2 nitrogen and oxygen atoms in total. The Morgan fingerprint density at radius 3 is 2.63 bits per heavy atom. The zero-order valence-corrected chi connectivity index (χ0v) is 14.0. The topological polar surface area (TPSA) is 18.5 Å². The van der Waals surface area contributed by atoms with Crippen molar-refractivity contribution in [3.05, 3.63) is 35.3 Å². The lowest BCUT2D eigenvalue weighted by molar-refractivity contribution is 0.0635. The zero-order valence-electron chi connectivity index (χ0n) is 13.0. The van der Waals surface area contributed by atoms with Gasteiger partial charge in [-0.3, -0.25) is 0 Å². The summed E-state index contributed by atoms with van der Waals surface area (Å²) in [7, 11) is 0.394. The molecule has 0 aromatic carbocycles. The summed E-state index contributed by atoms with van der Waals surface area (Å²) >= 11 is 0. The van der Waals surface area contributed by atoms with Crippen LogP contribution in [0.4, 0.5) is 0 Å². The van der Waals surface area contributed by atoms with E-state index in [1.54, 1.807) is 7.11 Å². The van der Waals surface area contributed by atoms with Gasteiger partial charge in [-0.05, 0) is 18.9 Å². The number of hydrogen-bond acceptors (Lipinski definition) is 2. The highest BCUT2D eigenvalue weighted by molar-refractivity contribution is 6.83. The van der Waals surface area contributed by atoms with Gasteiger partial charge in [0.15, 0.2) is 0 Å². The molecular formula is C16H28O2Si. The summed E-state index contributed by atoms with van der Waals surface area (Å²) in [5, 5.41) is 1.45. The fourth-order valence-corrected chi connectivity index (χ4v) is 3.34. The summed E-state index contributed by atoms with van der Waals surface area (Å²) in [6.45, 7) is 10.1. The van der Waals surface area contributed by atoms with Crippen LogP contribution in [0.3, 0.4) is 0 Å². The molecule has 1 unspecified atom stereocenters. The van der Waals surface area contributed by atoms with Crippen molar-refractivity contribution in [3.63, 3.8) is 0 Å². The molecule has 0 fully saturated rings. The van der Waals surface area contributed by atoms with Gasteiger partial charge in [-0.2, -0.15) is 0 Å². The third-order valence-electron chi connectivity index (χ3n) is 3.23. The molecule has 0 aliphatic carbocycles. The standard InChI is InChI=1S/C16H28O2Si/c1-6-7-10-14(19(3,4)5)13-16(17-2)15-11-8-9-12-18-15/h8,10-11,13,15H,6-7,9,12H2,1-5H3/b14-10+,16-13+. The Labute approximate surface area is 119 Å². The Morgan fingerprint density at radius 2 is 2.16 bits per heavy atom. The zero-order chi connectivity index (χ0) is 14.3. The Bertz CT molecular complexity index is 361. The van der Waals surface area contributed by atoms with Crippen LogP contribution in [0.2, 0.25) is 19.6 Å². The van der Waals surface area contributed by atoms with Crippen molar-refractivity contribution in [1.82, 2.24) is 0 Å². The lowest BCUT2D eigenvalue weighted by Crippen LogP contribution is -2.25. The minimum absolute atomic E-state index is 0.0138. The Kier molecular flexibility index (Phi) is 6.59. The van der Waals surface area contributed by atoms with Crippen LogP contribution in [-0.2, 0) is 9.47 Å². The van der Waals surface area contributed by atoms with E-state index < -0.39 is 8.07 Å². The number of methoxy groups -OCH3 is 1. The Hall–Kier alpha value is -0.803. The van der Waals surface area contributed by atoms with Crippen LogP contribution < -0.4 is 0 Å². The van der Waals surface area contributed by atoms with E-state index in [9.17, 15) is 0 Å². The first-order valence-electron chi connectivity index (χ1n) is 7.23. The minimum atomic E-state index is -1.34. The highest BCUT2D eigenvalue weighted by atomic mass is 28.3. The van der Waals surface area contributed by atoms with Crippen LogP contribution >= 0.6 is 0 Å². The number of allylic oxidation sites excluding steroid dienone is 3. The van der Waals surface area contributed by atoms with Gasteiger partial charge in [0, 0.05) is 0 Å². The maximum atomic E-state index is 5.76. The smallest absolute Gasteiger partial charge is 0.133 e. The molecule has 0 bridgehead atoms. The number of hydrogen-bond donors (Lipinski definition) is 0. The average Bonchev–Trinajstić information content (AvgIpc) is 2.38. The molecule has 0 amide bonds. The molecule has 0 saturated heterocycles. The van der Waals surface area contributed by atoms with Gasteiger partial charge < -0.3 is 9.47 Å². The molecule has 3 heteroatoms. The van der Waals surface area contributed by atoms with Crippen molar-refractivity contribution in [2.24, 2.45) is 0 Å². The molecule has 1 atom stereocenters. The fourth-order valence-electron chi connectivity index (χ4n) is 2.01. The highest BCUT2D eigenvalue weighted by Gasteiger charge is 2.21. The van der Waals surface area contributed by atoms with Crippen molar-refractivity contribution in [1.29, 1.82) is 0 Å². The van der Waals surface area contributed by atoms with E-state index in [0.717, 1.165) is 25.2 Å². The molecule has 0 N–H and O–H groups in total. The first-order valence-corrected chi connectivity index (χ1v) is 10.7. The summed E-state index contributed by atoms with van der Waals surface area (Å²) in [5.74, 6) is 0.931. The molecule has 1 aliphatic heterocycles. The van der Waals surface area contributed by atoms with Gasteiger partial charge in [0.1, 0.15) is 11.9 Å². The Morgan fingerprint density at radius 1 is 1.42 bits per heavy atom. The quantitative estimate of drug-likeness (QED) is 0.309. The van der Waals surface area contributed by atoms with Crippen molar-refractivity contribution in [2.75, 3.05) is 13.7 Å². The lowest BCUT2D eigenvalue weighted by Gasteiger charge is -2.23. The van der Waals surface area contributed by atoms with Crippen molar-refractivity contribution in [3.8, 4) is 0 Å². The predicted octanol–water partition coefficient (Wildman–Crippen LogP) is 4.47. The van der Waals surface area contributed by atoms with E-state index in [2.05, 4.69) is 50.9 Å². The van der Waals surface area contributed by atoms with E-state index in [1.807, 2.05) is 0 Å². The average molecular weight is 280 g/mol. The third-order valence-corrected chi connectivity index (χ3v) is 5.31. The van der Waals surface area contributed by atoms with Gasteiger partial charge >= 0.3 is 0 Å². The summed E-state index contributed by atoms with van der Waals surface area (Å²) in [6.07, 6.45) is 12.2. The number of unbranched alkanes of at least 4 members (excludes halogenated alkanes) is 1. The maximum absolute atomic E-state index is 5.76. The molecule has 0 radical (unpaired) electrons. The van der Waals surface area contributed by atoms with Crippen LogP contribution in [-0.4, -0.2) is 27.9 Å². The van der Waals surface area contributed by atoms with Gasteiger partial charge in [-0.25, -0.2) is 0 Å². The van der Waals surface area contributed by atoms with Crippen molar-refractivity contribution in [2.45, 2.75) is 51.9 Å². The molecule has 1 rings (SSSR count). The van der Waals surface area contributed by atoms with E-state index in [0.29, 0.717) is 0 Å². The second kappa shape index (κ2) is 7.71. The second-order valence-corrected chi connectivity index (χ2v) is 11.0. The minimum Gasteiger partial charge on any atom is -0.498 e. The summed E-state index contributed by atoms with van der Waals surface area (Å²) in [6, 6.07) is 0. The molecule has 108 valence electrons. The first kappa shape index (κ1) is 16.3. The number of ether oxygens (including phenoxy) is 2. The van der Waals surface area contributed by atoms with Crippen molar-refractivity contribution < 1.29 is 9.47 Å². The largest absolute Gasteiger partial charge is 0.498 e. The first-order chi connectivity index (χ1) is 8.99. The van der Waals surface area contributed by atoms with E-state index in [1.165, 1.54) is 11.6 Å². The van der Waals surface area contributed by atoms with Crippen LogP contribution in [0, 0.1) is 0 Å². The van der Waals surface area contributed by atoms with E-state index in [-0.39, 0.29) is 6.10 Å². The SMILES string of the molecule is CCC/C=C(\C=C(\OC)C1C=CCCO1)[Si](C)(C)C. The predicted molar refractivity (Wildman–Crippen MR) is 84.9 cm³/mol.